The molecule has 1 aromatic carbocycles. The first-order chi connectivity index (χ1) is 7.66. The van der Waals surface area contributed by atoms with Crippen molar-refractivity contribution in [1.29, 1.82) is 0 Å². The summed E-state index contributed by atoms with van der Waals surface area (Å²) in [6, 6.07) is 5.57. The highest BCUT2D eigenvalue weighted by Crippen LogP contribution is 2.27. The van der Waals surface area contributed by atoms with Crippen molar-refractivity contribution < 1.29 is 4.79 Å². The molecule has 0 aromatic heterocycles. The van der Waals surface area contributed by atoms with Crippen LogP contribution in [0.15, 0.2) is 18.2 Å². The second-order valence-electron chi connectivity index (χ2n) is 4.54. The van der Waals surface area contributed by atoms with Crippen LogP contribution in [0.4, 0.5) is 11.4 Å². The molecular formula is C13H18N2O. The van der Waals surface area contributed by atoms with Crippen LogP contribution in [-0.2, 0) is 4.79 Å². The van der Waals surface area contributed by atoms with Gasteiger partial charge in [-0.2, -0.15) is 0 Å². The molecule has 1 fully saturated rings. The van der Waals surface area contributed by atoms with Gasteiger partial charge in [-0.25, -0.2) is 0 Å². The third kappa shape index (κ3) is 2.35. The Morgan fingerprint density at radius 1 is 1.38 bits per heavy atom. The van der Waals surface area contributed by atoms with Crippen molar-refractivity contribution in [3.63, 3.8) is 0 Å². The Hall–Kier alpha value is -1.51. The second kappa shape index (κ2) is 4.56. The lowest BCUT2D eigenvalue weighted by Crippen LogP contribution is -2.20. The predicted octanol–water partition coefficient (Wildman–Crippen LogP) is 2.71. The van der Waals surface area contributed by atoms with E-state index >= 15 is 0 Å². The number of aryl methyl sites for hydroxylation is 1. The lowest BCUT2D eigenvalue weighted by molar-refractivity contribution is -0.119. The van der Waals surface area contributed by atoms with E-state index in [1.807, 2.05) is 25.1 Å². The highest BCUT2D eigenvalue weighted by atomic mass is 16.1. The van der Waals surface area contributed by atoms with E-state index in [2.05, 4.69) is 5.32 Å². The maximum absolute atomic E-state index is 11.9. The molecule has 0 atom stereocenters. The van der Waals surface area contributed by atoms with Gasteiger partial charge in [0.1, 0.15) is 0 Å². The number of hydrogen-bond donors (Lipinski definition) is 2. The molecule has 1 aliphatic carbocycles. The van der Waals surface area contributed by atoms with Gasteiger partial charge in [0.25, 0.3) is 0 Å². The Morgan fingerprint density at radius 2 is 2.06 bits per heavy atom. The highest BCUT2D eigenvalue weighted by Gasteiger charge is 2.22. The van der Waals surface area contributed by atoms with Crippen LogP contribution in [0.3, 0.4) is 0 Å². The van der Waals surface area contributed by atoms with Crippen molar-refractivity contribution in [1.82, 2.24) is 0 Å². The van der Waals surface area contributed by atoms with E-state index in [1.165, 1.54) is 12.8 Å². The molecule has 86 valence electrons. The Bertz CT molecular complexity index is 395. The van der Waals surface area contributed by atoms with Gasteiger partial charge in [0.15, 0.2) is 0 Å². The van der Waals surface area contributed by atoms with Gasteiger partial charge in [0, 0.05) is 17.3 Å². The van der Waals surface area contributed by atoms with Gasteiger partial charge in [-0.05, 0) is 43.5 Å². The van der Waals surface area contributed by atoms with Crippen molar-refractivity contribution >= 4 is 17.3 Å². The van der Waals surface area contributed by atoms with Crippen LogP contribution < -0.4 is 11.1 Å². The Balaban J connectivity index is 2.05. The van der Waals surface area contributed by atoms with Crippen molar-refractivity contribution in [3.8, 4) is 0 Å². The number of anilines is 2. The molecule has 3 N–H and O–H groups in total. The van der Waals surface area contributed by atoms with E-state index < -0.39 is 0 Å². The maximum Gasteiger partial charge on any atom is 0.227 e. The first kappa shape index (κ1) is 11.0. The van der Waals surface area contributed by atoms with Crippen molar-refractivity contribution in [2.75, 3.05) is 11.1 Å². The Labute approximate surface area is 96.0 Å². The molecule has 3 heteroatoms. The number of carbonyl (C=O) groups excluding carboxylic acids is 1. The lowest BCUT2D eigenvalue weighted by Gasteiger charge is -2.12. The smallest absolute Gasteiger partial charge is 0.227 e. The van der Waals surface area contributed by atoms with E-state index in [0.29, 0.717) is 0 Å². The molecule has 0 bridgehead atoms. The summed E-state index contributed by atoms with van der Waals surface area (Å²) >= 11 is 0. The maximum atomic E-state index is 11.9. The number of carbonyl (C=O) groups is 1. The van der Waals surface area contributed by atoms with Gasteiger partial charge in [-0.1, -0.05) is 12.8 Å². The number of nitrogens with two attached hydrogens (primary N) is 1. The normalized spacial score (nSPS) is 16.3. The summed E-state index contributed by atoms with van der Waals surface area (Å²) in [6.07, 6.45) is 4.41. The van der Waals surface area contributed by atoms with E-state index in [1.54, 1.807) is 0 Å². The van der Waals surface area contributed by atoms with Gasteiger partial charge < -0.3 is 11.1 Å². The number of nitrogens with one attached hydrogen (secondary N) is 1. The van der Waals surface area contributed by atoms with Crippen molar-refractivity contribution in [3.05, 3.63) is 23.8 Å². The summed E-state index contributed by atoms with van der Waals surface area (Å²) in [5.41, 5.74) is 8.30. The SMILES string of the molecule is Cc1cc(N)ccc1NC(=O)C1CCCC1. The molecule has 1 saturated carbocycles. The Morgan fingerprint density at radius 3 is 2.69 bits per heavy atom. The highest BCUT2D eigenvalue weighted by molar-refractivity contribution is 5.93. The molecule has 0 radical (unpaired) electrons. The number of rotatable bonds is 2. The molecule has 16 heavy (non-hydrogen) atoms. The summed E-state index contributed by atoms with van der Waals surface area (Å²) in [4.78, 5) is 11.9. The zero-order valence-electron chi connectivity index (χ0n) is 9.62. The topological polar surface area (TPSA) is 55.1 Å². The summed E-state index contributed by atoms with van der Waals surface area (Å²) in [6.45, 7) is 1.96. The zero-order chi connectivity index (χ0) is 11.5. The summed E-state index contributed by atoms with van der Waals surface area (Å²) in [5, 5.41) is 2.98. The van der Waals surface area contributed by atoms with Gasteiger partial charge >= 0.3 is 0 Å². The molecule has 0 saturated heterocycles. The molecule has 0 aliphatic heterocycles. The van der Waals surface area contributed by atoms with Crippen molar-refractivity contribution in [2.45, 2.75) is 32.6 Å². The number of amides is 1. The minimum absolute atomic E-state index is 0.158. The first-order valence-corrected chi connectivity index (χ1v) is 5.84. The minimum Gasteiger partial charge on any atom is -0.399 e. The number of benzene rings is 1. The Kier molecular flexibility index (Phi) is 3.13. The van der Waals surface area contributed by atoms with Gasteiger partial charge in [-0.3, -0.25) is 4.79 Å². The van der Waals surface area contributed by atoms with Crippen LogP contribution in [0.2, 0.25) is 0 Å². The van der Waals surface area contributed by atoms with Crippen LogP contribution in [0.1, 0.15) is 31.2 Å². The van der Waals surface area contributed by atoms with Crippen molar-refractivity contribution in [2.24, 2.45) is 5.92 Å². The van der Waals surface area contributed by atoms with Gasteiger partial charge in [-0.15, -0.1) is 0 Å². The van der Waals surface area contributed by atoms with E-state index in [9.17, 15) is 4.79 Å². The third-order valence-corrected chi connectivity index (χ3v) is 3.23. The first-order valence-electron chi connectivity index (χ1n) is 5.84. The monoisotopic (exact) mass is 218 g/mol. The third-order valence-electron chi connectivity index (χ3n) is 3.23. The fourth-order valence-corrected chi connectivity index (χ4v) is 2.25. The molecule has 1 amide bonds. The van der Waals surface area contributed by atoms with E-state index in [4.69, 9.17) is 5.73 Å². The predicted molar refractivity (Wildman–Crippen MR) is 66.2 cm³/mol. The fraction of sp³-hybridized carbons (Fsp3) is 0.462. The number of nitrogen functional groups attached to an aromatic ring is 1. The number of hydrogen-bond acceptors (Lipinski definition) is 2. The second-order valence-corrected chi connectivity index (χ2v) is 4.54. The van der Waals surface area contributed by atoms with E-state index in [-0.39, 0.29) is 11.8 Å². The molecule has 0 unspecified atom stereocenters. The molecule has 0 heterocycles. The fourth-order valence-electron chi connectivity index (χ4n) is 2.25. The van der Waals surface area contributed by atoms with Crippen LogP contribution in [-0.4, -0.2) is 5.91 Å². The molecular weight excluding hydrogens is 200 g/mol. The summed E-state index contributed by atoms with van der Waals surface area (Å²) < 4.78 is 0. The molecule has 2 rings (SSSR count). The van der Waals surface area contributed by atoms with Gasteiger partial charge in [0.2, 0.25) is 5.91 Å². The quantitative estimate of drug-likeness (QED) is 0.750. The average molecular weight is 218 g/mol. The molecule has 3 nitrogen and oxygen atoms in total. The van der Waals surface area contributed by atoms with Crippen LogP contribution in [0.25, 0.3) is 0 Å². The average Bonchev–Trinajstić information content (AvgIpc) is 2.75. The lowest BCUT2D eigenvalue weighted by atomic mass is 10.1. The summed E-state index contributed by atoms with van der Waals surface area (Å²) in [5.74, 6) is 0.363. The standard InChI is InChI=1S/C13H18N2O/c1-9-8-11(14)6-7-12(9)15-13(16)10-4-2-3-5-10/h6-8,10H,2-5,14H2,1H3,(H,15,16). The molecule has 1 aromatic rings. The minimum atomic E-state index is 0.158. The van der Waals surface area contributed by atoms with E-state index in [0.717, 1.165) is 29.8 Å². The van der Waals surface area contributed by atoms with Gasteiger partial charge in [0.05, 0.1) is 0 Å². The van der Waals surface area contributed by atoms with Crippen LogP contribution >= 0.6 is 0 Å². The van der Waals surface area contributed by atoms with Crippen LogP contribution in [0.5, 0.6) is 0 Å². The zero-order valence-corrected chi connectivity index (χ0v) is 9.62. The molecule has 1 aliphatic rings. The largest absolute Gasteiger partial charge is 0.399 e. The molecule has 0 spiro atoms. The summed E-state index contributed by atoms with van der Waals surface area (Å²) in [7, 11) is 0. The van der Waals surface area contributed by atoms with Crippen LogP contribution in [0, 0.1) is 12.8 Å².